The van der Waals surface area contributed by atoms with Gasteiger partial charge in [0.15, 0.2) is 11.5 Å². The Morgan fingerprint density at radius 2 is 1.68 bits per heavy atom. The topological polar surface area (TPSA) is 46.7 Å². The molecule has 0 aliphatic carbocycles. The molecule has 5 heteroatoms. The van der Waals surface area contributed by atoms with Crippen molar-refractivity contribution in [3.8, 4) is 0 Å². The van der Waals surface area contributed by atoms with Crippen molar-refractivity contribution in [2.45, 2.75) is 39.5 Å². The molecule has 1 unspecified atom stereocenters. The SMILES string of the molecule is CC(C)NC(=O)c1ccc(C[NH+](Cc2ccccc2)Cc2ccccc2F)o1. The minimum absolute atomic E-state index is 0.0438. The Bertz CT molecular complexity index is 906. The number of furan rings is 1. The lowest BCUT2D eigenvalue weighted by molar-refractivity contribution is -0.942. The lowest BCUT2D eigenvalue weighted by atomic mass is 10.1. The highest BCUT2D eigenvalue weighted by Gasteiger charge is 2.18. The summed E-state index contributed by atoms with van der Waals surface area (Å²) in [5, 5.41) is 2.82. The Kier molecular flexibility index (Phi) is 6.61. The third kappa shape index (κ3) is 5.54. The molecule has 3 rings (SSSR count). The number of nitrogens with one attached hydrogen (secondary N) is 2. The van der Waals surface area contributed by atoms with Crippen LogP contribution >= 0.6 is 0 Å². The van der Waals surface area contributed by atoms with E-state index in [0.717, 1.165) is 17.0 Å². The zero-order valence-corrected chi connectivity index (χ0v) is 16.2. The highest BCUT2D eigenvalue weighted by atomic mass is 19.1. The van der Waals surface area contributed by atoms with Crippen LogP contribution in [-0.4, -0.2) is 11.9 Å². The summed E-state index contributed by atoms with van der Waals surface area (Å²) in [6, 6.07) is 20.5. The van der Waals surface area contributed by atoms with Gasteiger partial charge in [0.25, 0.3) is 5.91 Å². The molecule has 1 amide bonds. The van der Waals surface area contributed by atoms with Gasteiger partial charge < -0.3 is 14.6 Å². The highest BCUT2D eigenvalue weighted by Crippen LogP contribution is 2.09. The molecular weight excluding hydrogens is 355 g/mol. The van der Waals surface area contributed by atoms with Gasteiger partial charge in [0.05, 0.1) is 0 Å². The van der Waals surface area contributed by atoms with Crippen LogP contribution in [0.15, 0.2) is 71.1 Å². The Balaban J connectivity index is 1.76. The smallest absolute Gasteiger partial charge is 0.287 e. The number of benzene rings is 2. The third-order valence-electron chi connectivity index (χ3n) is 4.42. The first-order chi connectivity index (χ1) is 13.5. The molecule has 2 aromatic carbocycles. The van der Waals surface area contributed by atoms with Crippen molar-refractivity contribution in [3.63, 3.8) is 0 Å². The summed E-state index contributed by atoms with van der Waals surface area (Å²) in [5.74, 6) is 0.578. The fourth-order valence-electron chi connectivity index (χ4n) is 3.16. The summed E-state index contributed by atoms with van der Waals surface area (Å²) >= 11 is 0. The Hall–Kier alpha value is -2.92. The molecule has 0 aliphatic rings. The lowest BCUT2D eigenvalue weighted by Gasteiger charge is -2.19. The predicted molar refractivity (Wildman–Crippen MR) is 106 cm³/mol. The van der Waals surface area contributed by atoms with Crippen LogP contribution in [0.5, 0.6) is 0 Å². The second kappa shape index (κ2) is 9.33. The number of hydrogen-bond acceptors (Lipinski definition) is 2. The van der Waals surface area contributed by atoms with Gasteiger partial charge in [-0.15, -0.1) is 0 Å². The van der Waals surface area contributed by atoms with Gasteiger partial charge in [-0.05, 0) is 32.0 Å². The minimum Gasteiger partial charge on any atom is -0.450 e. The molecule has 4 nitrogen and oxygen atoms in total. The van der Waals surface area contributed by atoms with Gasteiger partial charge in [-0.2, -0.15) is 0 Å². The number of carbonyl (C=O) groups is 1. The van der Waals surface area contributed by atoms with Gasteiger partial charge >= 0.3 is 0 Å². The molecule has 1 aromatic heterocycles. The number of amides is 1. The standard InChI is InChI=1S/C23H25FN2O2/c1-17(2)25-23(27)22-13-12-20(28-22)16-26(14-18-8-4-3-5-9-18)15-19-10-6-7-11-21(19)24/h3-13,17H,14-16H2,1-2H3,(H,25,27)/p+1. The molecular formula is C23H26FN2O2+. The van der Waals surface area contributed by atoms with Crippen molar-refractivity contribution in [2.24, 2.45) is 0 Å². The Morgan fingerprint density at radius 3 is 2.39 bits per heavy atom. The van der Waals surface area contributed by atoms with E-state index in [9.17, 15) is 9.18 Å². The fourth-order valence-corrected chi connectivity index (χ4v) is 3.16. The van der Waals surface area contributed by atoms with Crippen molar-refractivity contribution in [1.82, 2.24) is 5.32 Å². The maximum absolute atomic E-state index is 14.2. The number of quaternary nitrogens is 1. The van der Waals surface area contributed by atoms with E-state index < -0.39 is 0 Å². The van der Waals surface area contributed by atoms with Gasteiger partial charge in [-0.3, -0.25) is 4.79 Å². The normalized spacial score (nSPS) is 12.1. The summed E-state index contributed by atoms with van der Waals surface area (Å²) in [7, 11) is 0. The van der Waals surface area contributed by atoms with Crippen LogP contribution in [0.1, 0.15) is 41.3 Å². The maximum Gasteiger partial charge on any atom is 0.287 e. The van der Waals surface area contributed by atoms with Gasteiger partial charge in [-0.1, -0.05) is 48.5 Å². The summed E-state index contributed by atoms with van der Waals surface area (Å²) in [6.07, 6.45) is 0. The number of carbonyl (C=O) groups excluding carboxylic acids is 1. The molecule has 146 valence electrons. The molecule has 28 heavy (non-hydrogen) atoms. The van der Waals surface area contributed by atoms with E-state index in [0.29, 0.717) is 30.2 Å². The molecule has 1 atom stereocenters. The summed E-state index contributed by atoms with van der Waals surface area (Å²) < 4.78 is 19.9. The molecule has 0 radical (unpaired) electrons. The minimum atomic E-state index is -0.222. The Morgan fingerprint density at radius 1 is 0.964 bits per heavy atom. The quantitative estimate of drug-likeness (QED) is 0.629. The zero-order chi connectivity index (χ0) is 19.9. The molecule has 0 aliphatic heterocycles. The van der Waals surface area contributed by atoms with Crippen molar-refractivity contribution in [3.05, 3.63) is 95.2 Å². The maximum atomic E-state index is 14.2. The van der Waals surface area contributed by atoms with Crippen molar-refractivity contribution < 1.29 is 18.5 Å². The number of halogens is 1. The first-order valence-electron chi connectivity index (χ1n) is 9.51. The van der Waals surface area contributed by atoms with Gasteiger partial charge in [0.1, 0.15) is 25.5 Å². The molecule has 0 bridgehead atoms. The lowest BCUT2D eigenvalue weighted by Crippen LogP contribution is -3.08. The first kappa shape index (κ1) is 19.8. The van der Waals surface area contributed by atoms with E-state index in [1.165, 1.54) is 6.07 Å². The number of rotatable bonds is 8. The van der Waals surface area contributed by atoms with Gasteiger partial charge in [0.2, 0.25) is 0 Å². The molecule has 3 aromatic rings. The van der Waals surface area contributed by atoms with Crippen LogP contribution in [0, 0.1) is 5.82 Å². The fraction of sp³-hybridized carbons (Fsp3) is 0.261. The number of hydrogen-bond donors (Lipinski definition) is 2. The van der Waals surface area contributed by atoms with E-state index in [-0.39, 0.29) is 17.8 Å². The van der Waals surface area contributed by atoms with Gasteiger partial charge in [0, 0.05) is 17.2 Å². The second-order valence-corrected chi connectivity index (χ2v) is 7.25. The van der Waals surface area contributed by atoms with Crippen LogP contribution < -0.4 is 10.2 Å². The molecule has 0 fully saturated rings. The van der Waals surface area contributed by atoms with Crippen LogP contribution in [0.25, 0.3) is 0 Å². The van der Waals surface area contributed by atoms with E-state index in [2.05, 4.69) is 17.4 Å². The van der Waals surface area contributed by atoms with Crippen molar-refractivity contribution in [2.75, 3.05) is 0 Å². The summed E-state index contributed by atoms with van der Waals surface area (Å²) in [4.78, 5) is 13.2. The van der Waals surface area contributed by atoms with Gasteiger partial charge in [-0.25, -0.2) is 4.39 Å². The van der Waals surface area contributed by atoms with E-state index in [1.54, 1.807) is 12.1 Å². The summed E-state index contributed by atoms with van der Waals surface area (Å²) in [5.41, 5.74) is 1.83. The van der Waals surface area contributed by atoms with Crippen LogP contribution in [-0.2, 0) is 19.6 Å². The largest absolute Gasteiger partial charge is 0.450 e. The molecule has 2 N–H and O–H groups in total. The predicted octanol–water partition coefficient (Wildman–Crippen LogP) is 3.34. The molecule has 1 heterocycles. The first-order valence-corrected chi connectivity index (χ1v) is 9.51. The van der Waals surface area contributed by atoms with E-state index in [4.69, 9.17) is 4.42 Å². The summed E-state index contributed by atoms with van der Waals surface area (Å²) in [6.45, 7) is 5.61. The molecule has 0 saturated carbocycles. The van der Waals surface area contributed by atoms with Crippen LogP contribution in [0.4, 0.5) is 4.39 Å². The molecule has 0 spiro atoms. The van der Waals surface area contributed by atoms with Crippen LogP contribution in [0.3, 0.4) is 0 Å². The average Bonchev–Trinajstić information content (AvgIpc) is 3.12. The van der Waals surface area contributed by atoms with Crippen LogP contribution in [0.2, 0.25) is 0 Å². The van der Waals surface area contributed by atoms with Crippen molar-refractivity contribution in [1.29, 1.82) is 0 Å². The Labute approximate surface area is 165 Å². The zero-order valence-electron chi connectivity index (χ0n) is 16.2. The third-order valence-corrected chi connectivity index (χ3v) is 4.42. The average molecular weight is 381 g/mol. The van der Waals surface area contributed by atoms with Crippen molar-refractivity contribution >= 4 is 5.91 Å². The van der Waals surface area contributed by atoms with E-state index >= 15 is 0 Å². The highest BCUT2D eigenvalue weighted by molar-refractivity contribution is 5.91. The monoisotopic (exact) mass is 381 g/mol. The molecule has 0 saturated heterocycles. The van der Waals surface area contributed by atoms with E-state index in [1.807, 2.05) is 50.2 Å². The second-order valence-electron chi connectivity index (χ2n) is 7.25.